The second kappa shape index (κ2) is 5.85. The number of likely N-dealkylation sites (tertiary alicyclic amines) is 1. The standard InChI is InChI=1S/C16H18N2O2S/c1-2-18-10-13(8-15(18)19)16(20)17-9-11-3-4-14-12(7-11)5-6-21-14/h3-7,13H,2,8-10H2,1H3,(H,17,20)/t13-/m0/s1. The van der Waals surface area contributed by atoms with Crippen LogP contribution in [0.2, 0.25) is 0 Å². The van der Waals surface area contributed by atoms with Crippen LogP contribution in [0.5, 0.6) is 0 Å². The van der Waals surface area contributed by atoms with Crippen LogP contribution in [0, 0.1) is 5.92 Å². The molecule has 1 N–H and O–H groups in total. The minimum Gasteiger partial charge on any atom is -0.352 e. The summed E-state index contributed by atoms with van der Waals surface area (Å²) in [6, 6.07) is 8.31. The molecule has 0 bridgehead atoms. The van der Waals surface area contributed by atoms with E-state index in [2.05, 4.69) is 28.9 Å². The van der Waals surface area contributed by atoms with Crippen molar-refractivity contribution in [3.63, 3.8) is 0 Å². The molecule has 1 aliphatic heterocycles. The van der Waals surface area contributed by atoms with Crippen LogP contribution >= 0.6 is 11.3 Å². The first-order valence-electron chi connectivity index (χ1n) is 7.19. The van der Waals surface area contributed by atoms with Crippen LogP contribution in [-0.2, 0) is 16.1 Å². The fourth-order valence-corrected chi connectivity index (χ4v) is 3.48. The molecule has 21 heavy (non-hydrogen) atoms. The summed E-state index contributed by atoms with van der Waals surface area (Å²) in [6.45, 7) is 3.68. The van der Waals surface area contributed by atoms with E-state index in [9.17, 15) is 9.59 Å². The molecule has 5 heteroatoms. The molecule has 1 saturated heterocycles. The fraction of sp³-hybridized carbons (Fsp3) is 0.375. The number of hydrogen-bond acceptors (Lipinski definition) is 3. The van der Waals surface area contributed by atoms with Gasteiger partial charge in [0, 0.05) is 30.8 Å². The molecule has 2 heterocycles. The van der Waals surface area contributed by atoms with Crippen LogP contribution in [0.25, 0.3) is 10.1 Å². The summed E-state index contributed by atoms with van der Waals surface area (Å²) in [6.07, 6.45) is 0.337. The second-order valence-corrected chi connectivity index (χ2v) is 6.29. The highest BCUT2D eigenvalue weighted by molar-refractivity contribution is 7.17. The van der Waals surface area contributed by atoms with Crippen molar-refractivity contribution < 1.29 is 9.59 Å². The van der Waals surface area contributed by atoms with E-state index < -0.39 is 0 Å². The zero-order valence-corrected chi connectivity index (χ0v) is 12.8. The van der Waals surface area contributed by atoms with Crippen molar-refractivity contribution in [2.24, 2.45) is 5.92 Å². The molecule has 3 rings (SSSR count). The Kier molecular flexibility index (Phi) is 3.92. The fourth-order valence-electron chi connectivity index (χ4n) is 2.71. The summed E-state index contributed by atoms with van der Waals surface area (Å²) in [5, 5.41) is 6.22. The lowest BCUT2D eigenvalue weighted by atomic mass is 10.1. The van der Waals surface area contributed by atoms with Crippen molar-refractivity contribution in [3.8, 4) is 0 Å². The lowest BCUT2D eigenvalue weighted by Gasteiger charge is -2.13. The summed E-state index contributed by atoms with van der Waals surface area (Å²) >= 11 is 1.71. The molecule has 1 aromatic carbocycles. The Morgan fingerprint density at radius 2 is 2.29 bits per heavy atom. The average Bonchev–Trinajstić information content (AvgIpc) is 3.10. The predicted octanol–water partition coefficient (Wildman–Crippen LogP) is 2.39. The lowest BCUT2D eigenvalue weighted by Crippen LogP contribution is -2.32. The number of carbonyl (C=O) groups is 2. The quantitative estimate of drug-likeness (QED) is 0.942. The highest BCUT2D eigenvalue weighted by atomic mass is 32.1. The van der Waals surface area contributed by atoms with E-state index in [0.29, 0.717) is 26.1 Å². The highest BCUT2D eigenvalue weighted by Crippen LogP contribution is 2.22. The lowest BCUT2D eigenvalue weighted by molar-refractivity contribution is -0.128. The van der Waals surface area contributed by atoms with E-state index in [1.54, 1.807) is 16.2 Å². The second-order valence-electron chi connectivity index (χ2n) is 5.34. The van der Waals surface area contributed by atoms with Gasteiger partial charge in [0.2, 0.25) is 11.8 Å². The number of rotatable bonds is 4. The van der Waals surface area contributed by atoms with Crippen LogP contribution in [0.15, 0.2) is 29.6 Å². The molecule has 0 saturated carbocycles. The number of thiophene rings is 1. The Bertz CT molecular complexity index is 680. The molecule has 1 aromatic heterocycles. The van der Waals surface area contributed by atoms with Gasteiger partial charge in [-0.05, 0) is 41.5 Å². The number of carbonyl (C=O) groups excluding carboxylic acids is 2. The van der Waals surface area contributed by atoms with Crippen molar-refractivity contribution in [1.82, 2.24) is 10.2 Å². The SMILES string of the molecule is CCN1C[C@@H](C(=O)NCc2ccc3sccc3c2)CC1=O. The first-order chi connectivity index (χ1) is 10.2. The third-order valence-corrected chi connectivity index (χ3v) is 4.85. The third kappa shape index (κ3) is 2.93. The van der Waals surface area contributed by atoms with Crippen molar-refractivity contribution in [3.05, 3.63) is 35.2 Å². The molecule has 0 aliphatic carbocycles. The zero-order chi connectivity index (χ0) is 14.8. The van der Waals surface area contributed by atoms with Crippen LogP contribution in [0.1, 0.15) is 18.9 Å². The van der Waals surface area contributed by atoms with Gasteiger partial charge >= 0.3 is 0 Å². The predicted molar refractivity (Wildman–Crippen MR) is 84.0 cm³/mol. The van der Waals surface area contributed by atoms with E-state index in [4.69, 9.17) is 0 Å². The van der Waals surface area contributed by atoms with Gasteiger partial charge in [0.05, 0.1) is 5.92 Å². The number of nitrogens with one attached hydrogen (secondary N) is 1. The Labute approximate surface area is 127 Å². The van der Waals surface area contributed by atoms with E-state index in [-0.39, 0.29) is 17.7 Å². The normalized spacial score (nSPS) is 18.4. The Morgan fingerprint density at radius 3 is 3.05 bits per heavy atom. The summed E-state index contributed by atoms with van der Waals surface area (Å²) in [5.74, 6) is -0.149. The molecular formula is C16H18N2O2S. The molecular weight excluding hydrogens is 284 g/mol. The molecule has 4 nitrogen and oxygen atoms in total. The van der Waals surface area contributed by atoms with Gasteiger partial charge in [-0.15, -0.1) is 11.3 Å². The van der Waals surface area contributed by atoms with E-state index >= 15 is 0 Å². The minimum atomic E-state index is -0.206. The monoisotopic (exact) mass is 302 g/mol. The van der Waals surface area contributed by atoms with Gasteiger partial charge < -0.3 is 10.2 Å². The number of amides is 2. The van der Waals surface area contributed by atoms with Crippen molar-refractivity contribution in [2.75, 3.05) is 13.1 Å². The van der Waals surface area contributed by atoms with E-state index in [0.717, 1.165) is 5.56 Å². The zero-order valence-electron chi connectivity index (χ0n) is 12.0. The Hall–Kier alpha value is -1.88. The number of benzene rings is 1. The summed E-state index contributed by atoms with van der Waals surface area (Å²) in [4.78, 5) is 25.5. The smallest absolute Gasteiger partial charge is 0.225 e. The van der Waals surface area contributed by atoms with Gasteiger partial charge in [0.25, 0.3) is 0 Å². The summed E-state index contributed by atoms with van der Waals surface area (Å²) in [5.41, 5.74) is 1.09. The van der Waals surface area contributed by atoms with Crippen molar-refractivity contribution >= 4 is 33.2 Å². The van der Waals surface area contributed by atoms with E-state index in [1.165, 1.54) is 10.1 Å². The van der Waals surface area contributed by atoms with Crippen LogP contribution < -0.4 is 5.32 Å². The molecule has 1 aliphatic rings. The van der Waals surface area contributed by atoms with Gasteiger partial charge in [-0.2, -0.15) is 0 Å². The minimum absolute atomic E-state index is 0.0234. The van der Waals surface area contributed by atoms with Crippen molar-refractivity contribution in [1.29, 1.82) is 0 Å². The maximum absolute atomic E-state index is 12.2. The molecule has 0 radical (unpaired) electrons. The number of nitrogens with zero attached hydrogens (tertiary/aromatic N) is 1. The highest BCUT2D eigenvalue weighted by Gasteiger charge is 2.33. The van der Waals surface area contributed by atoms with Gasteiger partial charge in [-0.1, -0.05) is 6.07 Å². The molecule has 110 valence electrons. The maximum Gasteiger partial charge on any atom is 0.225 e. The first kappa shape index (κ1) is 14.1. The third-order valence-electron chi connectivity index (χ3n) is 3.95. The topological polar surface area (TPSA) is 49.4 Å². The number of fused-ring (bicyclic) bond motifs is 1. The summed E-state index contributed by atoms with van der Waals surface area (Å²) in [7, 11) is 0. The average molecular weight is 302 g/mol. The largest absolute Gasteiger partial charge is 0.352 e. The molecule has 1 atom stereocenters. The Balaban J connectivity index is 1.59. The number of hydrogen-bond donors (Lipinski definition) is 1. The van der Waals surface area contributed by atoms with Crippen molar-refractivity contribution in [2.45, 2.75) is 19.9 Å². The van der Waals surface area contributed by atoms with Gasteiger partial charge in [-0.3, -0.25) is 9.59 Å². The molecule has 0 unspecified atom stereocenters. The maximum atomic E-state index is 12.2. The van der Waals surface area contributed by atoms with Gasteiger partial charge in [0.1, 0.15) is 0 Å². The molecule has 2 amide bonds. The molecule has 1 fully saturated rings. The van der Waals surface area contributed by atoms with Crippen LogP contribution in [-0.4, -0.2) is 29.8 Å². The molecule has 0 spiro atoms. The Morgan fingerprint density at radius 1 is 1.43 bits per heavy atom. The first-order valence-corrected chi connectivity index (χ1v) is 8.07. The van der Waals surface area contributed by atoms with Gasteiger partial charge in [0.15, 0.2) is 0 Å². The van der Waals surface area contributed by atoms with Crippen LogP contribution in [0.3, 0.4) is 0 Å². The summed E-state index contributed by atoms with van der Waals surface area (Å²) < 4.78 is 1.25. The van der Waals surface area contributed by atoms with Gasteiger partial charge in [-0.25, -0.2) is 0 Å². The van der Waals surface area contributed by atoms with E-state index in [1.807, 2.05) is 13.0 Å². The molecule has 2 aromatic rings. The van der Waals surface area contributed by atoms with Crippen LogP contribution in [0.4, 0.5) is 0 Å².